The van der Waals surface area contributed by atoms with Crippen molar-refractivity contribution in [2.24, 2.45) is 0 Å². The molecule has 0 radical (unpaired) electrons. The molecule has 0 aliphatic carbocycles. The number of hydrogen-bond acceptors (Lipinski definition) is 4. The Hall–Kier alpha value is -2.33. The first kappa shape index (κ1) is 14.1. The first-order valence-electron chi connectivity index (χ1n) is 5.18. The quantitative estimate of drug-likeness (QED) is 0.846. The normalized spacial score (nSPS) is 10.9. The Morgan fingerprint density at radius 1 is 1.25 bits per heavy atom. The second-order valence-electron chi connectivity index (χ2n) is 3.58. The third-order valence-electron chi connectivity index (χ3n) is 2.19. The predicted molar refractivity (Wildman–Crippen MR) is 63.3 cm³/mol. The van der Waals surface area contributed by atoms with E-state index in [2.05, 4.69) is 9.97 Å². The maximum absolute atomic E-state index is 12.5. The van der Waals surface area contributed by atoms with Crippen LogP contribution in [0.4, 0.5) is 13.2 Å². The van der Waals surface area contributed by atoms with Crippen molar-refractivity contribution in [2.75, 3.05) is 0 Å². The number of alkyl halides is 3. The second-order valence-corrected chi connectivity index (χ2v) is 3.99. The van der Waals surface area contributed by atoms with Gasteiger partial charge in [-0.05, 0) is 24.3 Å². The van der Waals surface area contributed by atoms with Crippen LogP contribution in [0.15, 0.2) is 30.5 Å². The van der Waals surface area contributed by atoms with Gasteiger partial charge in [0.2, 0.25) is 0 Å². The van der Waals surface area contributed by atoms with Crippen LogP contribution in [0.5, 0.6) is 11.8 Å². The Bertz CT molecular complexity index is 682. The number of nitriles is 1. The minimum atomic E-state index is -4.59. The second kappa shape index (κ2) is 5.35. The summed E-state index contributed by atoms with van der Waals surface area (Å²) in [4.78, 5) is 6.82. The van der Waals surface area contributed by atoms with E-state index in [4.69, 9.17) is 21.6 Å². The Labute approximate surface area is 116 Å². The minimum Gasteiger partial charge on any atom is -0.423 e. The molecular weight excluding hydrogens is 295 g/mol. The first-order chi connectivity index (χ1) is 9.40. The van der Waals surface area contributed by atoms with Crippen molar-refractivity contribution in [2.45, 2.75) is 6.18 Å². The van der Waals surface area contributed by atoms with Crippen molar-refractivity contribution in [1.82, 2.24) is 9.97 Å². The summed E-state index contributed by atoms with van der Waals surface area (Å²) in [5, 5.41) is 8.74. The first-order valence-corrected chi connectivity index (χ1v) is 5.55. The summed E-state index contributed by atoms with van der Waals surface area (Å²) < 4.78 is 42.5. The van der Waals surface area contributed by atoms with Gasteiger partial charge in [0.1, 0.15) is 5.75 Å². The number of ether oxygens (including phenoxy) is 1. The van der Waals surface area contributed by atoms with Gasteiger partial charge in [-0.25, -0.2) is 4.98 Å². The van der Waals surface area contributed by atoms with Crippen LogP contribution in [-0.4, -0.2) is 9.97 Å². The molecule has 0 unspecified atom stereocenters. The fourth-order valence-electron chi connectivity index (χ4n) is 1.30. The van der Waals surface area contributed by atoms with Crippen LogP contribution in [-0.2, 0) is 6.18 Å². The van der Waals surface area contributed by atoms with Gasteiger partial charge in [0, 0.05) is 6.20 Å². The van der Waals surface area contributed by atoms with E-state index in [9.17, 15) is 13.2 Å². The molecule has 1 aromatic carbocycles. The summed E-state index contributed by atoms with van der Waals surface area (Å²) >= 11 is 5.83. The molecule has 8 heteroatoms. The van der Waals surface area contributed by atoms with Gasteiger partial charge in [-0.1, -0.05) is 11.6 Å². The van der Waals surface area contributed by atoms with Crippen LogP contribution in [0, 0.1) is 11.3 Å². The van der Waals surface area contributed by atoms with Gasteiger partial charge < -0.3 is 4.74 Å². The third kappa shape index (κ3) is 3.16. The molecule has 0 N–H and O–H groups in total. The zero-order valence-corrected chi connectivity index (χ0v) is 10.4. The molecule has 0 atom stereocenters. The van der Waals surface area contributed by atoms with Gasteiger partial charge in [0.25, 0.3) is 0 Å². The highest BCUT2D eigenvalue weighted by Gasteiger charge is 2.33. The summed E-state index contributed by atoms with van der Waals surface area (Å²) in [6.07, 6.45) is -3.65. The Balaban J connectivity index is 2.29. The lowest BCUT2D eigenvalue weighted by Gasteiger charge is -2.08. The summed E-state index contributed by atoms with van der Waals surface area (Å²) in [5.74, 6) is 0.0602. The summed E-state index contributed by atoms with van der Waals surface area (Å²) in [7, 11) is 0. The number of benzene rings is 1. The number of rotatable bonds is 2. The van der Waals surface area contributed by atoms with Crippen molar-refractivity contribution in [1.29, 1.82) is 5.26 Å². The molecule has 0 amide bonds. The van der Waals surface area contributed by atoms with Crippen molar-refractivity contribution >= 4 is 11.6 Å². The lowest BCUT2D eigenvalue weighted by molar-refractivity contribution is -0.141. The van der Waals surface area contributed by atoms with Gasteiger partial charge in [-0.2, -0.15) is 23.4 Å². The van der Waals surface area contributed by atoms with Gasteiger partial charge in [0.15, 0.2) is 5.69 Å². The average Bonchev–Trinajstić information content (AvgIpc) is 2.40. The van der Waals surface area contributed by atoms with E-state index in [0.717, 1.165) is 12.3 Å². The molecule has 20 heavy (non-hydrogen) atoms. The molecule has 0 saturated heterocycles. The lowest BCUT2D eigenvalue weighted by atomic mass is 10.2. The molecule has 2 rings (SSSR count). The molecule has 2 aromatic rings. The smallest absolute Gasteiger partial charge is 0.423 e. The topological polar surface area (TPSA) is 58.8 Å². The van der Waals surface area contributed by atoms with E-state index in [1.807, 2.05) is 6.07 Å². The number of aromatic nitrogens is 2. The van der Waals surface area contributed by atoms with Crippen LogP contribution in [0.2, 0.25) is 5.02 Å². The van der Waals surface area contributed by atoms with E-state index < -0.39 is 17.9 Å². The van der Waals surface area contributed by atoms with E-state index in [0.29, 0.717) is 5.56 Å². The molecule has 0 saturated carbocycles. The molecular formula is C12H5ClF3N3O. The van der Waals surface area contributed by atoms with Crippen LogP contribution < -0.4 is 4.74 Å². The van der Waals surface area contributed by atoms with E-state index >= 15 is 0 Å². The largest absolute Gasteiger partial charge is 0.433 e. The summed E-state index contributed by atoms with van der Waals surface area (Å²) in [5.41, 5.74) is -0.820. The predicted octanol–water partition coefficient (Wildman–Crippen LogP) is 3.81. The van der Waals surface area contributed by atoms with E-state index in [1.165, 1.54) is 18.2 Å². The summed E-state index contributed by atoms with van der Waals surface area (Å²) in [6.45, 7) is 0. The van der Waals surface area contributed by atoms with Gasteiger partial charge in [-0.15, -0.1) is 0 Å². The van der Waals surface area contributed by atoms with Crippen LogP contribution >= 0.6 is 11.6 Å². The fourth-order valence-corrected chi connectivity index (χ4v) is 1.52. The standard InChI is InChI=1S/C12H5ClF3N3O/c13-8-5-7(6-17)1-2-9(8)20-11-18-4-3-10(19-11)12(14,15)16/h1-5H. The highest BCUT2D eigenvalue weighted by molar-refractivity contribution is 6.32. The average molecular weight is 300 g/mol. The highest BCUT2D eigenvalue weighted by atomic mass is 35.5. The number of halogens is 4. The maximum Gasteiger partial charge on any atom is 0.433 e. The zero-order chi connectivity index (χ0) is 14.8. The molecule has 1 heterocycles. The molecule has 0 spiro atoms. The molecule has 0 aliphatic heterocycles. The molecule has 4 nitrogen and oxygen atoms in total. The lowest BCUT2D eigenvalue weighted by Crippen LogP contribution is -2.08. The number of nitrogens with zero attached hydrogens (tertiary/aromatic N) is 3. The van der Waals surface area contributed by atoms with Gasteiger partial charge in [0.05, 0.1) is 16.7 Å². The van der Waals surface area contributed by atoms with Gasteiger partial charge >= 0.3 is 12.2 Å². The molecule has 102 valence electrons. The Morgan fingerprint density at radius 2 is 2.00 bits per heavy atom. The van der Waals surface area contributed by atoms with Crippen LogP contribution in [0.1, 0.15) is 11.3 Å². The van der Waals surface area contributed by atoms with Crippen molar-refractivity contribution < 1.29 is 17.9 Å². The SMILES string of the molecule is N#Cc1ccc(Oc2nccc(C(F)(F)F)n2)c(Cl)c1. The van der Waals surface area contributed by atoms with Gasteiger partial charge in [-0.3, -0.25) is 0 Å². The van der Waals surface area contributed by atoms with E-state index in [-0.39, 0.29) is 10.8 Å². The van der Waals surface area contributed by atoms with Crippen molar-refractivity contribution in [3.8, 4) is 17.8 Å². The number of hydrogen-bond donors (Lipinski definition) is 0. The van der Waals surface area contributed by atoms with Crippen LogP contribution in [0.25, 0.3) is 0 Å². The third-order valence-corrected chi connectivity index (χ3v) is 2.48. The Morgan fingerprint density at radius 3 is 2.60 bits per heavy atom. The van der Waals surface area contributed by atoms with Crippen molar-refractivity contribution in [3.63, 3.8) is 0 Å². The zero-order valence-electron chi connectivity index (χ0n) is 9.65. The molecule has 0 bridgehead atoms. The van der Waals surface area contributed by atoms with Crippen LogP contribution in [0.3, 0.4) is 0 Å². The fraction of sp³-hybridized carbons (Fsp3) is 0.0833. The minimum absolute atomic E-state index is 0.0602. The van der Waals surface area contributed by atoms with E-state index in [1.54, 1.807) is 0 Å². The highest BCUT2D eigenvalue weighted by Crippen LogP contribution is 2.31. The maximum atomic E-state index is 12.5. The Kier molecular flexibility index (Phi) is 3.77. The monoisotopic (exact) mass is 299 g/mol. The summed E-state index contributed by atoms with van der Waals surface area (Å²) in [6, 6.07) is 6.20. The molecule has 1 aromatic heterocycles. The van der Waals surface area contributed by atoms with Crippen molar-refractivity contribution in [3.05, 3.63) is 46.7 Å². The molecule has 0 aliphatic rings. The molecule has 0 fully saturated rings.